The van der Waals surface area contributed by atoms with E-state index in [4.69, 9.17) is 16.6 Å². The molecule has 0 unspecified atom stereocenters. The van der Waals surface area contributed by atoms with Gasteiger partial charge in [0, 0.05) is 17.3 Å². The third-order valence-corrected chi connectivity index (χ3v) is 7.77. The maximum absolute atomic E-state index is 13.1. The lowest BCUT2D eigenvalue weighted by Gasteiger charge is -2.27. The minimum absolute atomic E-state index is 0.00739. The van der Waals surface area contributed by atoms with Gasteiger partial charge in [0.15, 0.2) is 5.16 Å². The van der Waals surface area contributed by atoms with Crippen molar-refractivity contribution in [3.05, 3.63) is 56.7 Å². The second kappa shape index (κ2) is 8.90. The summed E-state index contributed by atoms with van der Waals surface area (Å²) in [6.45, 7) is 0.580. The number of aromatic nitrogens is 2. The van der Waals surface area contributed by atoms with Crippen LogP contribution >= 0.6 is 34.7 Å². The highest BCUT2D eigenvalue weighted by atomic mass is 35.5. The van der Waals surface area contributed by atoms with Crippen LogP contribution in [0.3, 0.4) is 0 Å². The molecule has 2 aromatic heterocycles. The molecule has 0 saturated heterocycles. The van der Waals surface area contributed by atoms with E-state index in [0.29, 0.717) is 45.9 Å². The van der Waals surface area contributed by atoms with Gasteiger partial charge >= 0.3 is 5.97 Å². The summed E-state index contributed by atoms with van der Waals surface area (Å²) < 4.78 is 2.46. The van der Waals surface area contributed by atoms with E-state index in [1.54, 1.807) is 4.57 Å². The number of rotatable bonds is 6. The summed E-state index contributed by atoms with van der Waals surface area (Å²) in [5.41, 5.74) is 1.73. The molecule has 0 bridgehead atoms. The second-order valence-electron chi connectivity index (χ2n) is 7.38. The van der Waals surface area contributed by atoms with Crippen LogP contribution in [0.5, 0.6) is 0 Å². The monoisotopic (exact) mass is 448 g/mol. The van der Waals surface area contributed by atoms with Crippen LogP contribution in [0.1, 0.15) is 31.2 Å². The maximum atomic E-state index is 13.1. The van der Waals surface area contributed by atoms with Gasteiger partial charge < -0.3 is 5.11 Å². The van der Waals surface area contributed by atoms with Crippen molar-refractivity contribution in [3.8, 4) is 0 Å². The molecule has 1 N–H and O–H groups in total. The van der Waals surface area contributed by atoms with Crippen molar-refractivity contribution in [2.75, 3.05) is 0 Å². The molecule has 29 heavy (non-hydrogen) atoms. The van der Waals surface area contributed by atoms with Crippen molar-refractivity contribution in [1.29, 1.82) is 0 Å². The summed E-state index contributed by atoms with van der Waals surface area (Å²) in [5, 5.41) is 12.5. The van der Waals surface area contributed by atoms with Gasteiger partial charge in [-0.1, -0.05) is 41.6 Å². The average Bonchev–Trinajstić information content (AvgIpc) is 3.19. The Hall–Kier alpha value is -1.83. The molecule has 0 atom stereocenters. The molecular weight excluding hydrogens is 428 g/mol. The Balaban J connectivity index is 1.59. The standard InChI is InChI=1S/C21H21ClN2O3S2/c22-16-4-2-1-3-15(16)12-29-21-23-17-9-10-28-18(17)19(25)24(21)11-13-5-7-14(8-6-13)20(26)27/h1-4,9-10,13-14H,5-8,11-12H2,(H,26,27). The predicted octanol–water partition coefficient (Wildman–Crippen LogP) is 5.29. The zero-order valence-electron chi connectivity index (χ0n) is 15.7. The lowest BCUT2D eigenvalue weighted by Crippen LogP contribution is -2.29. The van der Waals surface area contributed by atoms with Crippen LogP contribution in [-0.2, 0) is 17.1 Å². The van der Waals surface area contributed by atoms with E-state index in [1.807, 2.05) is 35.7 Å². The van der Waals surface area contributed by atoms with Gasteiger partial charge in [0.05, 0.1) is 11.4 Å². The number of nitrogens with zero attached hydrogens (tertiary/aromatic N) is 2. The van der Waals surface area contributed by atoms with Crippen LogP contribution in [0.25, 0.3) is 10.2 Å². The van der Waals surface area contributed by atoms with Crippen molar-refractivity contribution in [1.82, 2.24) is 9.55 Å². The van der Waals surface area contributed by atoms with Gasteiger partial charge in [0.25, 0.3) is 5.56 Å². The van der Waals surface area contributed by atoms with Crippen LogP contribution < -0.4 is 5.56 Å². The number of halogens is 1. The predicted molar refractivity (Wildman–Crippen MR) is 118 cm³/mol. The number of aliphatic carboxylic acids is 1. The van der Waals surface area contributed by atoms with Crippen molar-refractivity contribution in [2.24, 2.45) is 11.8 Å². The number of thiophene rings is 1. The first-order chi connectivity index (χ1) is 14.0. The molecule has 1 aromatic carbocycles. The van der Waals surface area contributed by atoms with E-state index in [1.165, 1.54) is 23.1 Å². The largest absolute Gasteiger partial charge is 0.481 e. The van der Waals surface area contributed by atoms with Gasteiger partial charge in [-0.2, -0.15) is 0 Å². The lowest BCUT2D eigenvalue weighted by molar-refractivity contribution is -0.143. The van der Waals surface area contributed by atoms with Gasteiger partial charge in [-0.3, -0.25) is 14.2 Å². The molecule has 3 aromatic rings. The van der Waals surface area contributed by atoms with E-state index in [0.717, 1.165) is 23.9 Å². The van der Waals surface area contributed by atoms with Gasteiger partial charge in [0.1, 0.15) is 4.70 Å². The molecule has 5 nitrogen and oxygen atoms in total. The summed E-state index contributed by atoms with van der Waals surface area (Å²) in [6, 6.07) is 9.57. The fourth-order valence-electron chi connectivity index (χ4n) is 3.80. The Morgan fingerprint density at radius 3 is 2.72 bits per heavy atom. The van der Waals surface area contributed by atoms with Crippen LogP contribution in [0.15, 0.2) is 45.7 Å². The topological polar surface area (TPSA) is 72.2 Å². The molecule has 1 aliphatic rings. The van der Waals surface area contributed by atoms with Gasteiger partial charge in [-0.05, 0) is 54.7 Å². The molecule has 152 valence electrons. The molecular formula is C21H21ClN2O3S2. The number of carbonyl (C=O) groups is 1. The van der Waals surface area contributed by atoms with Gasteiger partial charge in [0.2, 0.25) is 0 Å². The first kappa shape index (κ1) is 20.4. The smallest absolute Gasteiger partial charge is 0.306 e. The Morgan fingerprint density at radius 2 is 2.00 bits per heavy atom. The van der Waals surface area contributed by atoms with Crippen molar-refractivity contribution >= 4 is 50.9 Å². The summed E-state index contributed by atoms with van der Waals surface area (Å²) in [6.07, 6.45) is 2.98. The third kappa shape index (κ3) is 4.52. The van der Waals surface area contributed by atoms with E-state index in [-0.39, 0.29) is 11.5 Å². The summed E-state index contributed by atoms with van der Waals surface area (Å²) in [5.74, 6) is -0.0385. The molecule has 1 aliphatic carbocycles. The molecule has 4 rings (SSSR count). The number of fused-ring (bicyclic) bond motifs is 1. The van der Waals surface area contributed by atoms with E-state index < -0.39 is 5.97 Å². The third-order valence-electron chi connectivity index (χ3n) is 5.48. The fourth-order valence-corrected chi connectivity index (χ4v) is 5.88. The normalized spacial score (nSPS) is 19.5. The Labute approximate surface area is 181 Å². The molecule has 0 aliphatic heterocycles. The Morgan fingerprint density at radius 1 is 1.24 bits per heavy atom. The molecule has 0 radical (unpaired) electrons. The first-order valence-corrected chi connectivity index (χ1v) is 11.8. The summed E-state index contributed by atoms with van der Waals surface area (Å²) in [4.78, 5) is 29.1. The van der Waals surface area contributed by atoms with Crippen LogP contribution in [0.4, 0.5) is 0 Å². The van der Waals surface area contributed by atoms with Gasteiger partial charge in [-0.15, -0.1) is 11.3 Å². The highest BCUT2D eigenvalue weighted by molar-refractivity contribution is 7.98. The molecule has 1 saturated carbocycles. The van der Waals surface area contributed by atoms with Crippen molar-refractivity contribution in [2.45, 2.75) is 43.1 Å². The maximum Gasteiger partial charge on any atom is 0.306 e. The minimum Gasteiger partial charge on any atom is -0.481 e. The highest BCUT2D eigenvalue weighted by Gasteiger charge is 2.27. The molecule has 2 heterocycles. The number of hydrogen-bond acceptors (Lipinski definition) is 5. The summed E-state index contributed by atoms with van der Waals surface area (Å²) >= 11 is 9.22. The number of carboxylic acids is 1. The first-order valence-electron chi connectivity index (χ1n) is 9.60. The van der Waals surface area contributed by atoms with Crippen molar-refractivity contribution < 1.29 is 9.90 Å². The van der Waals surface area contributed by atoms with Crippen LogP contribution in [0.2, 0.25) is 5.02 Å². The van der Waals surface area contributed by atoms with E-state index >= 15 is 0 Å². The fraction of sp³-hybridized carbons (Fsp3) is 0.381. The number of hydrogen-bond donors (Lipinski definition) is 1. The summed E-state index contributed by atoms with van der Waals surface area (Å²) in [7, 11) is 0. The zero-order chi connectivity index (χ0) is 20.4. The Bertz CT molecular complexity index is 1090. The number of carboxylic acid groups (broad SMARTS) is 1. The van der Waals surface area contributed by atoms with E-state index in [2.05, 4.69) is 0 Å². The van der Waals surface area contributed by atoms with Gasteiger partial charge in [-0.25, -0.2) is 4.98 Å². The molecule has 0 spiro atoms. The van der Waals surface area contributed by atoms with Crippen LogP contribution in [-0.4, -0.2) is 20.6 Å². The lowest BCUT2D eigenvalue weighted by atomic mass is 9.82. The number of thioether (sulfide) groups is 1. The molecule has 8 heteroatoms. The molecule has 1 fully saturated rings. The minimum atomic E-state index is -0.710. The van der Waals surface area contributed by atoms with E-state index in [9.17, 15) is 14.7 Å². The van der Waals surface area contributed by atoms with Crippen molar-refractivity contribution in [3.63, 3.8) is 0 Å². The Kier molecular flexibility index (Phi) is 6.27. The molecule has 0 amide bonds. The average molecular weight is 449 g/mol. The zero-order valence-corrected chi connectivity index (χ0v) is 18.1. The SMILES string of the molecule is O=C(O)C1CCC(Cn2c(SCc3ccccc3Cl)nc3ccsc3c2=O)CC1. The number of benzene rings is 1. The quantitative estimate of drug-likeness (QED) is 0.409. The second-order valence-corrected chi connectivity index (χ2v) is 9.65. The van der Waals surface area contributed by atoms with Crippen LogP contribution in [0, 0.1) is 11.8 Å². The highest BCUT2D eigenvalue weighted by Crippen LogP contribution is 2.32.